The maximum absolute atomic E-state index is 14.2. The maximum Gasteiger partial charge on any atom is 0.323 e. The van der Waals surface area contributed by atoms with E-state index in [1.54, 1.807) is 21.9 Å². The Kier molecular flexibility index (Phi) is 5.57. The number of fused-ring (bicyclic) bond motifs is 2. The van der Waals surface area contributed by atoms with Crippen LogP contribution >= 0.6 is 23.4 Å². The van der Waals surface area contributed by atoms with E-state index >= 15 is 0 Å². The Morgan fingerprint density at radius 2 is 1.79 bits per heavy atom. The first-order chi connectivity index (χ1) is 16.2. The Labute approximate surface area is 206 Å². The molecule has 8 heteroatoms. The zero-order valence-electron chi connectivity index (χ0n) is 18.7. The third-order valence-corrected chi connectivity index (χ3v) is 7.84. The summed E-state index contributed by atoms with van der Waals surface area (Å²) in [6.45, 7) is 4.76. The Bertz CT molecular complexity index is 1270. The fourth-order valence-electron chi connectivity index (χ4n) is 4.62. The minimum absolute atomic E-state index is 0.182. The van der Waals surface area contributed by atoms with Gasteiger partial charge in [-0.25, -0.2) is 9.18 Å². The van der Waals surface area contributed by atoms with Crippen molar-refractivity contribution in [1.29, 1.82) is 0 Å². The normalized spacial score (nSPS) is 20.6. The number of nitrogens with zero attached hydrogens (tertiary/aromatic N) is 2. The molecule has 1 atom stereocenters. The van der Waals surface area contributed by atoms with Gasteiger partial charge < -0.3 is 10.2 Å². The molecule has 0 radical (unpaired) electrons. The number of urea groups is 1. The monoisotopic (exact) mass is 495 g/mol. The smallest absolute Gasteiger partial charge is 0.308 e. The molecule has 34 heavy (non-hydrogen) atoms. The second kappa shape index (κ2) is 8.32. The topological polar surface area (TPSA) is 52.7 Å². The number of nitrogens with one attached hydrogen (secondary N) is 1. The molecule has 3 amide bonds. The average Bonchev–Trinajstić information content (AvgIpc) is 3.22. The van der Waals surface area contributed by atoms with Crippen molar-refractivity contribution in [2.24, 2.45) is 0 Å². The zero-order chi connectivity index (χ0) is 24.1. The molecule has 3 aromatic carbocycles. The molecule has 1 N–H and O–H groups in total. The van der Waals surface area contributed by atoms with Crippen LogP contribution < -0.4 is 10.2 Å². The van der Waals surface area contributed by atoms with Crippen LogP contribution in [-0.2, 0) is 16.2 Å². The Balaban J connectivity index is 1.58. The summed E-state index contributed by atoms with van der Waals surface area (Å²) in [5, 5.41) is 3.33. The number of thioether (sulfide) groups is 1. The third kappa shape index (κ3) is 3.83. The molecule has 2 aliphatic heterocycles. The lowest BCUT2D eigenvalue weighted by molar-refractivity contribution is -0.123. The summed E-state index contributed by atoms with van der Waals surface area (Å²) >= 11 is 7.85. The molecule has 0 bridgehead atoms. The first-order valence-corrected chi connectivity index (χ1v) is 12.1. The van der Waals surface area contributed by atoms with E-state index in [1.165, 1.54) is 36.0 Å². The summed E-state index contributed by atoms with van der Waals surface area (Å²) in [4.78, 5) is 29.8. The van der Waals surface area contributed by atoms with Crippen molar-refractivity contribution in [3.05, 3.63) is 94.8 Å². The second-order valence-corrected chi connectivity index (χ2v) is 11.4. The van der Waals surface area contributed by atoms with E-state index in [0.29, 0.717) is 29.4 Å². The number of halogens is 2. The van der Waals surface area contributed by atoms with E-state index in [2.05, 4.69) is 5.32 Å². The van der Waals surface area contributed by atoms with Crippen molar-refractivity contribution in [2.45, 2.75) is 30.0 Å². The fourth-order valence-corrected chi connectivity index (χ4v) is 6.52. The SMILES string of the molecule is CC1(C)CN(C(=O)Nc2ccc(F)cc2)C2(S1)C(=O)N(Cc1ccccc1)c1ccc(Cl)cc12. The molecule has 0 saturated carbocycles. The molecule has 0 aromatic heterocycles. The number of carbonyl (C=O) groups is 2. The summed E-state index contributed by atoms with van der Waals surface area (Å²) in [7, 11) is 0. The van der Waals surface area contributed by atoms with Gasteiger partial charge in [0.25, 0.3) is 5.91 Å². The number of anilines is 2. The largest absolute Gasteiger partial charge is 0.323 e. The quantitative estimate of drug-likeness (QED) is 0.468. The van der Waals surface area contributed by atoms with Gasteiger partial charge in [0.1, 0.15) is 5.82 Å². The van der Waals surface area contributed by atoms with Crippen molar-refractivity contribution in [2.75, 3.05) is 16.8 Å². The summed E-state index contributed by atoms with van der Waals surface area (Å²) in [6, 6.07) is 20.3. The molecule has 174 valence electrons. The van der Waals surface area contributed by atoms with Gasteiger partial charge in [0, 0.05) is 27.6 Å². The van der Waals surface area contributed by atoms with E-state index in [-0.39, 0.29) is 5.91 Å². The lowest BCUT2D eigenvalue weighted by Crippen LogP contribution is -2.51. The van der Waals surface area contributed by atoms with Gasteiger partial charge in [-0.15, -0.1) is 11.8 Å². The second-order valence-electron chi connectivity index (χ2n) is 9.07. The van der Waals surface area contributed by atoms with Gasteiger partial charge in [-0.05, 0) is 61.9 Å². The van der Waals surface area contributed by atoms with Crippen LogP contribution in [0.5, 0.6) is 0 Å². The van der Waals surface area contributed by atoms with Crippen LogP contribution in [0.4, 0.5) is 20.6 Å². The van der Waals surface area contributed by atoms with E-state index in [9.17, 15) is 14.0 Å². The Morgan fingerprint density at radius 3 is 2.50 bits per heavy atom. The number of amides is 3. The van der Waals surface area contributed by atoms with E-state index in [1.807, 2.05) is 50.2 Å². The molecule has 5 rings (SSSR count). The van der Waals surface area contributed by atoms with Gasteiger partial charge in [0.15, 0.2) is 4.87 Å². The first kappa shape index (κ1) is 22.7. The number of hydrogen-bond acceptors (Lipinski definition) is 3. The van der Waals surface area contributed by atoms with Gasteiger partial charge in [-0.1, -0.05) is 41.9 Å². The molecule has 2 aliphatic rings. The van der Waals surface area contributed by atoms with Crippen LogP contribution in [0.25, 0.3) is 0 Å². The standard InChI is InChI=1S/C26H23ClFN3O2S/c1-25(2)16-31(24(33)29-20-11-9-19(28)10-12-20)26(34-25)21-14-18(27)8-13-22(21)30(23(26)32)15-17-6-4-3-5-7-17/h3-14H,15-16H2,1-2H3,(H,29,33). The van der Waals surface area contributed by atoms with E-state index in [0.717, 1.165) is 11.3 Å². The molecule has 1 fully saturated rings. The molecular formula is C26H23ClFN3O2S. The van der Waals surface area contributed by atoms with Gasteiger partial charge in [0.2, 0.25) is 0 Å². The molecule has 3 aromatic rings. The van der Waals surface area contributed by atoms with Crippen LogP contribution in [-0.4, -0.2) is 28.1 Å². The minimum Gasteiger partial charge on any atom is -0.308 e. The van der Waals surface area contributed by atoms with Crippen molar-refractivity contribution < 1.29 is 14.0 Å². The molecular weight excluding hydrogens is 473 g/mol. The molecule has 1 saturated heterocycles. The number of carbonyl (C=O) groups excluding carboxylic acids is 2. The number of hydrogen-bond donors (Lipinski definition) is 1. The number of rotatable bonds is 3. The highest BCUT2D eigenvalue weighted by molar-refractivity contribution is 8.02. The van der Waals surface area contributed by atoms with Gasteiger partial charge in [-0.2, -0.15) is 0 Å². The summed E-state index contributed by atoms with van der Waals surface area (Å²) < 4.78 is 13.0. The van der Waals surface area contributed by atoms with Gasteiger partial charge >= 0.3 is 6.03 Å². The Morgan fingerprint density at radius 1 is 1.09 bits per heavy atom. The summed E-state index contributed by atoms with van der Waals surface area (Å²) in [5.74, 6) is -0.572. The number of benzene rings is 3. The van der Waals surface area contributed by atoms with Crippen molar-refractivity contribution >= 4 is 46.7 Å². The Hall–Kier alpha value is -3.03. The highest BCUT2D eigenvalue weighted by atomic mass is 35.5. The predicted molar refractivity (Wildman–Crippen MR) is 135 cm³/mol. The third-order valence-electron chi connectivity index (χ3n) is 6.02. The zero-order valence-corrected chi connectivity index (χ0v) is 20.3. The van der Waals surface area contributed by atoms with Crippen molar-refractivity contribution in [3.63, 3.8) is 0 Å². The van der Waals surface area contributed by atoms with Crippen molar-refractivity contribution in [1.82, 2.24) is 4.90 Å². The lowest BCUT2D eigenvalue weighted by atomic mass is 10.0. The van der Waals surface area contributed by atoms with Crippen LogP contribution in [0, 0.1) is 5.82 Å². The van der Waals surface area contributed by atoms with Gasteiger partial charge in [-0.3, -0.25) is 9.69 Å². The van der Waals surface area contributed by atoms with Crippen LogP contribution in [0.1, 0.15) is 25.0 Å². The highest BCUT2D eigenvalue weighted by Gasteiger charge is 2.63. The summed E-state index contributed by atoms with van der Waals surface area (Å²) in [5.41, 5.74) is 2.88. The van der Waals surface area contributed by atoms with Gasteiger partial charge in [0.05, 0.1) is 12.2 Å². The average molecular weight is 496 g/mol. The van der Waals surface area contributed by atoms with Crippen LogP contribution in [0.15, 0.2) is 72.8 Å². The fraction of sp³-hybridized carbons (Fsp3) is 0.231. The van der Waals surface area contributed by atoms with Crippen LogP contribution in [0.3, 0.4) is 0 Å². The molecule has 5 nitrogen and oxygen atoms in total. The molecule has 0 aliphatic carbocycles. The molecule has 2 heterocycles. The highest BCUT2D eigenvalue weighted by Crippen LogP contribution is 2.60. The predicted octanol–water partition coefficient (Wildman–Crippen LogP) is 6.24. The first-order valence-electron chi connectivity index (χ1n) is 10.9. The molecule has 1 unspecified atom stereocenters. The molecule has 1 spiro atoms. The van der Waals surface area contributed by atoms with E-state index in [4.69, 9.17) is 11.6 Å². The maximum atomic E-state index is 14.2. The van der Waals surface area contributed by atoms with Crippen LogP contribution in [0.2, 0.25) is 5.02 Å². The van der Waals surface area contributed by atoms with Crippen molar-refractivity contribution in [3.8, 4) is 0 Å². The van der Waals surface area contributed by atoms with E-state index < -0.39 is 21.5 Å². The minimum atomic E-state index is -1.26. The summed E-state index contributed by atoms with van der Waals surface area (Å²) in [6.07, 6.45) is 0. The lowest BCUT2D eigenvalue weighted by Gasteiger charge is -2.33.